The number of hydrogen-bond donors (Lipinski definition) is 1. The van der Waals surface area contributed by atoms with Crippen LogP contribution in [0.1, 0.15) is 30.2 Å². The standard InChI is InChI=1S/C14H18N4O2S/c1-9-10(2)20-12(16-9)8-18-6-3-4-11(18)13(19)17-14-15-5-7-21-14/h5,7,11H,3-4,6,8H2,1-2H3,(H,15,17,19). The van der Waals surface area contributed by atoms with E-state index in [9.17, 15) is 4.79 Å². The molecule has 1 aliphatic heterocycles. The van der Waals surface area contributed by atoms with Crippen LogP contribution in [0.3, 0.4) is 0 Å². The normalized spacial score (nSPS) is 19.0. The molecule has 1 aliphatic rings. The van der Waals surface area contributed by atoms with E-state index in [1.807, 2.05) is 19.2 Å². The first-order chi connectivity index (χ1) is 10.1. The van der Waals surface area contributed by atoms with Crippen LogP contribution in [0.5, 0.6) is 0 Å². The summed E-state index contributed by atoms with van der Waals surface area (Å²) in [6.07, 6.45) is 3.55. The Bertz CT molecular complexity index is 603. The molecule has 1 unspecified atom stereocenters. The van der Waals surface area contributed by atoms with Gasteiger partial charge in [0.25, 0.3) is 0 Å². The molecule has 1 amide bonds. The predicted octanol–water partition coefficient (Wildman–Crippen LogP) is 2.35. The van der Waals surface area contributed by atoms with Gasteiger partial charge in [0.2, 0.25) is 11.8 Å². The average Bonchev–Trinajstić information content (AvgIpc) is 3.14. The van der Waals surface area contributed by atoms with Gasteiger partial charge >= 0.3 is 0 Å². The van der Waals surface area contributed by atoms with Gasteiger partial charge in [0.15, 0.2) is 5.13 Å². The van der Waals surface area contributed by atoms with Crippen molar-refractivity contribution in [2.45, 2.75) is 39.3 Å². The number of nitrogens with zero attached hydrogens (tertiary/aromatic N) is 3. The molecular formula is C14H18N4O2S. The summed E-state index contributed by atoms with van der Waals surface area (Å²) in [5.41, 5.74) is 0.910. The number of carbonyl (C=O) groups excluding carboxylic acids is 1. The Morgan fingerprint density at radius 2 is 2.43 bits per heavy atom. The summed E-state index contributed by atoms with van der Waals surface area (Å²) in [6, 6.07) is -0.138. The lowest BCUT2D eigenvalue weighted by atomic mass is 10.2. The Labute approximate surface area is 127 Å². The number of aromatic nitrogens is 2. The van der Waals surface area contributed by atoms with E-state index in [-0.39, 0.29) is 11.9 Å². The van der Waals surface area contributed by atoms with Gasteiger partial charge in [0, 0.05) is 11.6 Å². The summed E-state index contributed by atoms with van der Waals surface area (Å²) in [6.45, 7) is 5.29. The fourth-order valence-electron chi connectivity index (χ4n) is 2.57. The fourth-order valence-corrected chi connectivity index (χ4v) is 3.10. The molecule has 1 atom stereocenters. The van der Waals surface area contributed by atoms with Gasteiger partial charge in [-0.2, -0.15) is 0 Å². The zero-order valence-corrected chi connectivity index (χ0v) is 12.9. The molecule has 0 bridgehead atoms. The van der Waals surface area contributed by atoms with E-state index in [2.05, 4.69) is 20.2 Å². The van der Waals surface area contributed by atoms with Crippen LogP contribution >= 0.6 is 11.3 Å². The van der Waals surface area contributed by atoms with E-state index in [0.717, 1.165) is 30.8 Å². The molecule has 7 heteroatoms. The lowest BCUT2D eigenvalue weighted by Gasteiger charge is -2.21. The van der Waals surface area contributed by atoms with Gasteiger partial charge in [-0.3, -0.25) is 9.69 Å². The number of nitrogens with one attached hydrogen (secondary N) is 1. The maximum atomic E-state index is 12.3. The predicted molar refractivity (Wildman–Crippen MR) is 80.2 cm³/mol. The van der Waals surface area contributed by atoms with E-state index in [0.29, 0.717) is 17.6 Å². The third-order valence-electron chi connectivity index (χ3n) is 3.74. The molecule has 0 saturated carbocycles. The van der Waals surface area contributed by atoms with Crippen molar-refractivity contribution in [1.29, 1.82) is 0 Å². The Balaban J connectivity index is 1.66. The van der Waals surface area contributed by atoms with Crippen molar-refractivity contribution in [2.24, 2.45) is 0 Å². The van der Waals surface area contributed by atoms with Crippen LogP contribution < -0.4 is 5.32 Å². The number of thiazole rings is 1. The molecule has 1 fully saturated rings. The number of aryl methyl sites for hydroxylation is 2. The van der Waals surface area contributed by atoms with Crippen LogP contribution in [0, 0.1) is 13.8 Å². The third kappa shape index (κ3) is 3.14. The number of rotatable bonds is 4. The quantitative estimate of drug-likeness (QED) is 0.939. The molecule has 0 radical (unpaired) electrons. The van der Waals surface area contributed by atoms with Crippen molar-refractivity contribution < 1.29 is 9.21 Å². The molecule has 1 saturated heterocycles. The van der Waals surface area contributed by atoms with Gasteiger partial charge < -0.3 is 9.73 Å². The van der Waals surface area contributed by atoms with Crippen LogP contribution in [-0.4, -0.2) is 33.4 Å². The maximum absolute atomic E-state index is 12.3. The first-order valence-corrected chi connectivity index (χ1v) is 7.89. The van der Waals surface area contributed by atoms with Gasteiger partial charge in [0.1, 0.15) is 5.76 Å². The first-order valence-electron chi connectivity index (χ1n) is 7.01. The first kappa shape index (κ1) is 14.2. The largest absolute Gasteiger partial charge is 0.444 e. The Morgan fingerprint density at radius 1 is 1.57 bits per heavy atom. The number of oxazole rings is 1. The van der Waals surface area contributed by atoms with Gasteiger partial charge in [-0.15, -0.1) is 11.3 Å². The minimum absolute atomic E-state index is 0.00227. The van der Waals surface area contributed by atoms with Crippen LogP contribution in [0.25, 0.3) is 0 Å². The molecular weight excluding hydrogens is 288 g/mol. The minimum Gasteiger partial charge on any atom is -0.444 e. The molecule has 0 aliphatic carbocycles. The summed E-state index contributed by atoms with van der Waals surface area (Å²) in [7, 11) is 0. The van der Waals surface area contributed by atoms with Gasteiger partial charge in [0.05, 0.1) is 18.3 Å². The second-order valence-corrected chi connectivity index (χ2v) is 6.10. The van der Waals surface area contributed by atoms with Crippen LogP contribution in [-0.2, 0) is 11.3 Å². The third-order valence-corrected chi connectivity index (χ3v) is 4.43. The Hall–Kier alpha value is -1.73. The highest BCUT2D eigenvalue weighted by molar-refractivity contribution is 7.13. The molecule has 2 aromatic rings. The number of carbonyl (C=O) groups is 1. The molecule has 112 valence electrons. The van der Waals surface area contributed by atoms with E-state index in [1.165, 1.54) is 11.3 Å². The molecule has 3 heterocycles. The highest BCUT2D eigenvalue weighted by Crippen LogP contribution is 2.22. The SMILES string of the molecule is Cc1nc(CN2CCCC2C(=O)Nc2nccs2)oc1C. The van der Waals surface area contributed by atoms with E-state index < -0.39 is 0 Å². The summed E-state index contributed by atoms with van der Waals surface area (Å²) < 4.78 is 5.62. The number of hydrogen-bond acceptors (Lipinski definition) is 6. The molecule has 3 rings (SSSR count). The molecule has 2 aromatic heterocycles. The smallest absolute Gasteiger partial charge is 0.243 e. The van der Waals surface area contributed by atoms with Crippen molar-refractivity contribution in [3.05, 3.63) is 28.9 Å². The summed E-state index contributed by atoms with van der Waals surface area (Å²) >= 11 is 1.43. The molecule has 6 nitrogen and oxygen atoms in total. The van der Waals surface area contributed by atoms with Crippen LogP contribution in [0.15, 0.2) is 16.0 Å². The second-order valence-electron chi connectivity index (χ2n) is 5.20. The van der Waals surface area contributed by atoms with Crippen molar-refractivity contribution in [3.8, 4) is 0 Å². The molecule has 1 N–H and O–H groups in total. The zero-order chi connectivity index (χ0) is 14.8. The number of anilines is 1. The Kier molecular flexibility index (Phi) is 4.03. The molecule has 0 spiro atoms. The van der Waals surface area contributed by atoms with Crippen molar-refractivity contribution in [2.75, 3.05) is 11.9 Å². The van der Waals surface area contributed by atoms with Crippen molar-refractivity contribution in [1.82, 2.24) is 14.9 Å². The molecule has 21 heavy (non-hydrogen) atoms. The van der Waals surface area contributed by atoms with Gasteiger partial charge in [-0.1, -0.05) is 0 Å². The zero-order valence-electron chi connectivity index (χ0n) is 12.1. The monoisotopic (exact) mass is 306 g/mol. The van der Waals surface area contributed by atoms with Crippen molar-refractivity contribution in [3.63, 3.8) is 0 Å². The van der Waals surface area contributed by atoms with E-state index in [4.69, 9.17) is 4.42 Å². The van der Waals surface area contributed by atoms with E-state index >= 15 is 0 Å². The fraction of sp³-hybridized carbons (Fsp3) is 0.500. The lowest BCUT2D eigenvalue weighted by Crippen LogP contribution is -2.39. The van der Waals surface area contributed by atoms with Crippen LogP contribution in [0.4, 0.5) is 5.13 Å². The number of amides is 1. The summed E-state index contributed by atoms with van der Waals surface area (Å²) in [4.78, 5) is 22.9. The van der Waals surface area contributed by atoms with Gasteiger partial charge in [-0.25, -0.2) is 9.97 Å². The highest BCUT2D eigenvalue weighted by atomic mass is 32.1. The van der Waals surface area contributed by atoms with Crippen LogP contribution in [0.2, 0.25) is 0 Å². The molecule has 0 aromatic carbocycles. The minimum atomic E-state index is -0.138. The van der Waals surface area contributed by atoms with Gasteiger partial charge in [-0.05, 0) is 33.2 Å². The summed E-state index contributed by atoms with van der Waals surface area (Å²) in [5.74, 6) is 1.52. The van der Waals surface area contributed by atoms with Crippen molar-refractivity contribution >= 4 is 22.4 Å². The summed E-state index contributed by atoms with van der Waals surface area (Å²) in [5, 5.41) is 5.37. The average molecular weight is 306 g/mol. The highest BCUT2D eigenvalue weighted by Gasteiger charge is 2.32. The Morgan fingerprint density at radius 3 is 3.10 bits per heavy atom. The number of likely N-dealkylation sites (tertiary alicyclic amines) is 1. The topological polar surface area (TPSA) is 71.3 Å². The lowest BCUT2D eigenvalue weighted by molar-refractivity contribution is -0.120. The maximum Gasteiger partial charge on any atom is 0.243 e. The van der Waals surface area contributed by atoms with E-state index in [1.54, 1.807) is 6.20 Å². The second kappa shape index (κ2) is 5.95.